The van der Waals surface area contributed by atoms with Crippen LogP contribution in [0.2, 0.25) is 0 Å². The second-order valence-corrected chi connectivity index (χ2v) is 5.90. The van der Waals surface area contributed by atoms with Crippen LogP contribution < -0.4 is 10.6 Å². The van der Waals surface area contributed by atoms with Crippen LogP contribution in [0.5, 0.6) is 0 Å². The summed E-state index contributed by atoms with van der Waals surface area (Å²) in [7, 11) is 0. The van der Waals surface area contributed by atoms with E-state index in [1.165, 1.54) is 0 Å². The molecule has 1 heterocycles. The van der Waals surface area contributed by atoms with E-state index in [2.05, 4.69) is 33.8 Å². The van der Waals surface area contributed by atoms with Crippen molar-refractivity contribution in [2.24, 2.45) is 17.6 Å². The lowest BCUT2D eigenvalue weighted by atomic mass is 9.86. The van der Waals surface area contributed by atoms with Gasteiger partial charge >= 0.3 is 0 Å². The standard InChI is InChI=1S/C14H18BrN3/c1-10-4-5-18(9-12(10)8-17)14-3-2-13(15)6-11(14)7-16/h2-3,6,10,12H,4-5,8-9,17H2,1H3. The number of piperidine rings is 1. The Morgan fingerprint density at radius 3 is 3.00 bits per heavy atom. The van der Waals surface area contributed by atoms with Gasteiger partial charge in [-0.25, -0.2) is 0 Å². The Balaban J connectivity index is 2.25. The van der Waals surface area contributed by atoms with Crippen molar-refractivity contribution >= 4 is 21.6 Å². The van der Waals surface area contributed by atoms with Crippen LogP contribution >= 0.6 is 15.9 Å². The molecule has 1 fully saturated rings. The minimum atomic E-state index is 0.522. The molecule has 2 atom stereocenters. The highest BCUT2D eigenvalue weighted by Gasteiger charge is 2.26. The zero-order chi connectivity index (χ0) is 13.1. The van der Waals surface area contributed by atoms with Crippen molar-refractivity contribution < 1.29 is 0 Å². The van der Waals surface area contributed by atoms with Gasteiger partial charge in [0.1, 0.15) is 6.07 Å². The number of hydrogen-bond acceptors (Lipinski definition) is 3. The highest BCUT2D eigenvalue weighted by molar-refractivity contribution is 9.10. The van der Waals surface area contributed by atoms with Gasteiger partial charge in [-0.3, -0.25) is 0 Å². The predicted octanol–water partition coefficient (Wildman–Crippen LogP) is 2.74. The van der Waals surface area contributed by atoms with E-state index in [4.69, 9.17) is 5.73 Å². The maximum Gasteiger partial charge on any atom is 0.101 e. The summed E-state index contributed by atoms with van der Waals surface area (Å²) in [6.45, 7) is 4.94. The fourth-order valence-corrected chi connectivity index (χ4v) is 2.91. The molecule has 2 rings (SSSR count). The van der Waals surface area contributed by atoms with Gasteiger partial charge in [0.25, 0.3) is 0 Å². The predicted molar refractivity (Wildman–Crippen MR) is 77.4 cm³/mol. The Morgan fingerprint density at radius 1 is 1.56 bits per heavy atom. The third kappa shape index (κ3) is 2.68. The third-order valence-corrected chi connectivity index (χ3v) is 4.33. The molecule has 0 aliphatic carbocycles. The van der Waals surface area contributed by atoms with E-state index >= 15 is 0 Å². The molecule has 18 heavy (non-hydrogen) atoms. The quantitative estimate of drug-likeness (QED) is 0.914. The van der Waals surface area contributed by atoms with Gasteiger partial charge in [-0.05, 0) is 43.0 Å². The zero-order valence-corrected chi connectivity index (χ0v) is 12.2. The van der Waals surface area contributed by atoms with Crippen molar-refractivity contribution in [3.63, 3.8) is 0 Å². The van der Waals surface area contributed by atoms with Crippen LogP contribution in [0.25, 0.3) is 0 Å². The Hall–Kier alpha value is -1.05. The van der Waals surface area contributed by atoms with Crippen molar-refractivity contribution in [2.75, 3.05) is 24.5 Å². The number of anilines is 1. The van der Waals surface area contributed by atoms with Crippen LogP contribution in [0.15, 0.2) is 22.7 Å². The summed E-state index contributed by atoms with van der Waals surface area (Å²) in [5.74, 6) is 1.20. The van der Waals surface area contributed by atoms with Crippen LogP contribution in [0, 0.1) is 23.2 Å². The first-order valence-electron chi connectivity index (χ1n) is 6.30. The lowest BCUT2D eigenvalue weighted by Crippen LogP contribution is -2.43. The lowest BCUT2D eigenvalue weighted by Gasteiger charge is -2.38. The number of nitrogens with two attached hydrogens (primary N) is 1. The van der Waals surface area contributed by atoms with Gasteiger partial charge in [-0.1, -0.05) is 22.9 Å². The second kappa shape index (κ2) is 5.73. The molecule has 0 radical (unpaired) electrons. The molecule has 1 aliphatic heterocycles. The molecular weight excluding hydrogens is 290 g/mol. The summed E-state index contributed by atoms with van der Waals surface area (Å²) >= 11 is 3.41. The molecule has 1 saturated heterocycles. The summed E-state index contributed by atoms with van der Waals surface area (Å²) in [5.41, 5.74) is 7.59. The summed E-state index contributed by atoms with van der Waals surface area (Å²) < 4.78 is 0.948. The van der Waals surface area contributed by atoms with Crippen LogP contribution in [0.1, 0.15) is 18.9 Å². The van der Waals surface area contributed by atoms with E-state index in [0.29, 0.717) is 11.8 Å². The molecule has 3 nitrogen and oxygen atoms in total. The highest BCUT2D eigenvalue weighted by Crippen LogP contribution is 2.30. The van der Waals surface area contributed by atoms with Crippen molar-refractivity contribution in [1.82, 2.24) is 0 Å². The van der Waals surface area contributed by atoms with Crippen LogP contribution in [-0.4, -0.2) is 19.6 Å². The SMILES string of the molecule is CC1CCN(c2ccc(Br)cc2C#N)CC1CN. The van der Waals surface area contributed by atoms with E-state index in [9.17, 15) is 5.26 Å². The first-order chi connectivity index (χ1) is 8.65. The topological polar surface area (TPSA) is 53.0 Å². The maximum atomic E-state index is 9.23. The van der Waals surface area contributed by atoms with E-state index in [1.807, 2.05) is 18.2 Å². The first-order valence-corrected chi connectivity index (χ1v) is 7.09. The van der Waals surface area contributed by atoms with Gasteiger partial charge in [0, 0.05) is 17.6 Å². The zero-order valence-electron chi connectivity index (χ0n) is 10.6. The van der Waals surface area contributed by atoms with Crippen molar-refractivity contribution in [2.45, 2.75) is 13.3 Å². The highest BCUT2D eigenvalue weighted by atomic mass is 79.9. The Labute approximate surface area is 117 Å². The fourth-order valence-electron chi connectivity index (χ4n) is 2.55. The average Bonchev–Trinajstić information content (AvgIpc) is 2.39. The maximum absolute atomic E-state index is 9.23. The molecule has 0 amide bonds. The number of benzene rings is 1. The minimum absolute atomic E-state index is 0.522. The monoisotopic (exact) mass is 307 g/mol. The van der Waals surface area contributed by atoms with Gasteiger partial charge in [-0.2, -0.15) is 5.26 Å². The van der Waals surface area contributed by atoms with Gasteiger partial charge < -0.3 is 10.6 Å². The number of halogens is 1. The van der Waals surface area contributed by atoms with Crippen molar-refractivity contribution in [3.05, 3.63) is 28.2 Å². The molecule has 2 unspecified atom stereocenters. The van der Waals surface area contributed by atoms with E-state index in [-0.39, 0.29) is 0 Å². The summed E-state index contributed by atoms with van der Waals surface area (Å²) in [5, 5.41) is 9.23. The molecule has 1 aliphatic rings. The molecule has 0 aromatic heterocycles. The summed E-state index contributed by atoms with van der Waals surface area (Å²) in [6.07, 6.45) is 1.14. The first kappa shape index (κ1) is 13.4. The number of hydrogen-bond donors (Lipinski definition) is 1. The van der Waals surface area contributed by atoms with Gasteiger partial charge in [0.05, 0.1) is 11.3 Å². The smallest absolute Gasteiger partial charge is 0.101 e. The van der Waals surface area contributed by atoms with Crippen LogP contribution in [0.3, 0.4) is 0 Å². The van der Waals surface area contributed by atoms with E-state index in [1.54, 1.807) is 0 Å². The summed E-state index contributed by atoms with van der Waals surface area (Å²) in [6, 6.07) is 8.17. The molecule has 4 heteroatoms. The van der Waals surface area contributed by atoms with Crippen LogP contribution in [0.4, 0.5) is 5.69 Å². The Bertz CT molecular complexity index is 467. The molecule has 96 valence electrons. The van der Waals surface area contributed by atoms with Gasteiger partial charge in [0.2, 0.25) is 0 Å². The third-order valence-electron chi connectivity index (χ3n) is 3.84. The van der Waals surface area contributed by atoms with Gasteiger partial charge in [-0.15, -0.1) is 0 Å². The molecule has 0 saturated carbocycles. The lowest BCUT2D eigenvalue weighted by molar-refractivity contribution is 0.308. The van der Waals surface area contributed by atoms with Crippen molar-refractivity contribution in [1.29, 1.82) is 5.26 Å². The molecule has 2 N–H and O–H groups in total. The largest absolute Gasteiger partial charge is 0.370 e. The number of rotatable bonds is 2. The van der Waals surface area contributed by atoms with Crippen molar-refractivity contribution in [3.8, 4) is 6.07 Å². The Kier molecular flexibility index (Phi) is 4.26. The summed E-state index contributed by atoms with van der Waals surface area (Å²) in [4.78, 5) is 2.29. The average molecular weight is 308 g/mol. The van der Waals surface area contributed by atoms with Gasteiger partial charge in [0.15, 0.2) is 0 Å². The number of nitriles is 1. The normalized spacial score (nSPS) is 23.8. The fraction of sp³-hybridized carbons (Fsp3) is 0.500. The molecule has 1 aromatic rings. The molecule has 1 aromatic carbocycles. The Morgan fingerprint density at radius 2 is 2.33 bits per heavy atom. The van der Waals surface area contributed by atoms with E-state index in [0.717, 1.165) is 41.8 Å². The minimum Gasteiger partial charge on any atom is -0.370 e. The molecular formula is C14H18BrN3. The molecule has 0 spiro atoms. The van der Waals surface area contributed by atoms with E-state index < -0.39 is 0 Å². The molecule has 0 bridgehead atoms. The second-order valence-electron chi connectivity index (χ2n) is 4.98. The number of nitrogens with zero attached hydrogens (tertiary/aromatic N) is 2. The van der Waals surface area contributed by atoms with Crippen LogP contribution in [-0.2, 0) is 0 Å².